The number of rotatable bonds is 6. The molecule has 0 bridgehead atoms. The lowest BCUT2D eigenvalue weighted by Crippen LogP contribution is -2.13. The van der Waals surface area contributed by atoms with E-state index >= 15 is 0 Å². The van der Waals surface area contributed by atoms with Crippen LogP contribution in [0.1, 0.15) is 31.6 Å². The first-order chi connectivity index (χ1) is 7.74. The van der Waals surface area contributed by atoms with Gasteiger partial charge in [-0.25, -0.2) is 0 Å². The molecular weight excluding hydrogens is 200 g/mol. The highest BCUT2D eigenvalue weighted by Crippen LogP contribution is 2.15. The molecule has 0 aromatic carbocycles. The standard InChI is InChI=1S/C13H20N2O/c1-3-10-15(2)11-6-8-13(16)12-7-4-5-9-14-12/h3-5,7,9-10,13,16H,6,8,11H2,1-2H3. The molecule has 1 aromatic rings. The van der Waals surface area contributed by atoms with E-state index in [4.69, 9.17) is 0 Å². The minimum Gasteiger partial charge on any atom is -0.387 e. The third kappa shape index (κ3) is 4.45. The SMILES string of the molecule is CC=CN(C)CCCC(O)c1ccccn1. The van der Waals surface area contributed by atoms with Gasteiger partial charge in [0.1, 0.15) is 0 Å². The van der Waals surface area contributed by atoms with Crippen molar-refractivity contribution >= 4 is 0 Å². The number of aromatic nitrogens is 1. The van der Waals surface area contributed by atoms with E-state index in [1.807, 2.05) is 44.4 Å². The lowest BCUT2D eigenvalue weighted by Gasteiger charge is -2.15. The summed E-state index contributed by atoms with van der Waals surface area (Å²) in [4.78, 5) is 6.25. The Morgan fingerprint density at radius 3 is 2.94 bits per heavy atom. The number of pyridine rings is 1. The summed E-state index contributed by atoms with van der Waals surface area (Å²) < 4.78 is 0. The fraction of sp³-hybridized carbons (Fsp3) is 0.462. The molecule has 1 unspecified atom stereocenters. The third-order valence-corrected chi connectivity index (χ3v) is 2.42. The van der Waals surface area contributed by atoms with Crippen LogP contribution in [0.3, 0.4) is 0 Å². The van der Waals surface area contributed by atoms with E-state index in [-0.39, 0.29) is 0 Å². The molecule has 1 aromatic heterocycles. The minimum atomic E-state index is -0.444. The zero-order valence-corrected chi connectivity index (χ0v) is 10.0. The molecule has 1 atom stereocenters. The Balaban J connectivity index is 2.28. The van der Waals surface area contributed by atoms with E-state index in [0.29, 0.717) is 0 Å². The van der Waals surface area contributed by atoms with Crippen molar-refractivity contribution in [3.63, 3.8) is 0 Å². The quantitative estimate of drug-likeness (QED) is 0.799. The summed E-state index contributed by atoms with van der Waals surface area (Å²) >= 11 is 0. The molecule has 0 aliphatic heterocycles. The van der Waals surface area contributed by atoms with Crippen molar-refractivity contribution in [3.05, 3.63) is 42.4 Å². The zero-order chi connectivity index (χ0) is 11.8. The Morgan fingerprint density at radius 2 is 2.31 bits per heavy atom. The second-order valence-corrected chi connectivity index (χ2v) is 3.88. The monoisotopic (exact) mass is 220 g/mol. The Labute approximate surface area is 97.4 Å². The molecule has 3 heteroatoms. The summed E-state index contributed by atoms with van der Waals surface area (Å²) in [6, 6.07) is 5.62. The van der Waals surface area contributed by atoms with Crippen LogP contribution in [-0.4, -0.2) is 28.6 Å². The van der Waals surface area contributed by atoms with Crippen molar-refractivity contribution in [1.82, 2.24) is 9.88 Å². The van der Waals surface area contributed by atoms with Gasteiger partial charge in [-0.3, -0.25) is 4.98 Å². The van der Waals surface area contributed by atoms with Gasteiger partial charge in [-0.2, -0.15) is 0 Å². The molecule has 0 spiro atoms. The second kappa shape index (κ2) is 7.01. The van der Waals surface area contributed by atoms with Gasteiger partial charge >= 0.3 is 0 Å². The largest absolute Gasteiger partial charge is 0.387 e. The fourth-order valence-corrected chi connectivity index (χ4v) is 1.58. The number of aliphatic hydroxyl groups is 1. The first-order valence-corrected chi connectivity index (χ1v) is 5.66. The van der Waals surface area contributed by atoms with Gasteiger partial charge in [-0.05, 0) is 38.1 Å². The summed E-state index contributed by atoms with van der Waals surface area (Å²) in [5.74, 6) is 0. The van der Waals surface area contributed by atoms with Gasteiger partial charge in [0.25, 0.3) is 0 Å². The molecule has 3 nitrogen and oxygen atoms in total. The normalized spacial score (nSPS) is 12.9. The molecule has 1 N–H and O–H groups in total. The maximum Gasteiger partial charge on any atom is 0.0960 e. The highest BCUT2D eigenvalue weighted by atomic mass is 16.3. The summed E-state index contributed by atoms with van der Waals surface area (Å²) in [5.41, 5.74) is 0.760. The van der Waals surface area contributed by atoms with Gasteiger partial charge in [0.2, 0.25) is 0 Å². The van der Waals surface area contributed by atoms with Crippen LogP contribution in [0.2, 0.25) is 0 Å². The van der Waals surface area contributed by atoms with Gasteiger partial charge in [-0.1, -0.05) is 12.1 Å². The highest BCUT2D eigenvalue weighted by Gasteiger charge is 2.07. The topological polar surface area (TPSA) is 36.4 Å². The Morgan fingerprint density at radius 1 is 1.50 bits per heavy atom. The lowest BCUT2D eigenvalue weighted by molar-refractivity contribution is 0.156. The number of hydrogen-bond donors (Lipinski definition) is 1. The van der Waals surface area contributed by atoms with Crippen LogP contribution in [0, 0.1) is 0 Å². The molecule has 0 radical (unpaired) electrons. The Kier molecular flexibility index (Phi) is 5.57. The van der Waals surface area contributed by atoms with Crippen molar-refractivity contribution in [1.29, 1.82) is 0 Å². The van der Waals surface area contributed by atoms with E-state index in [2.05, 4.69) is 9.88 Å². The van der Waals surface area contributed by atoms with E-state index in [0.717, 1.165) is 25.1 Å². The average Bonchev–Trinajstić information content (AvgIpc) is 2.30. The Bertz CT molecular complexity index is 311. The molecule has 16 heavy (non-hydrogen) atoms. The fourth-order valence-electron chi connectivity index (χ4n) is 1.58. The molecule has 0 saturated carbocycles. The molecule has 0 amide bonds. The van der Waals surface area contributed by atoms with Gasteiger partial charge in [-0.15, -0.1) is 0 Å². The third-order valence-electron chi connectivity index (χ3n) is 2.42. The van der Waals surface area contributed by atoms with Crippen molar-refractivity contribution < 1.29 is 5.11 Å². The maximum absolute atomic E-state index is 9.86. The van der Waals surface area contributed by atoms with Crippen LogP contribution in [0.4, 0.5) is 0 Å². The van der Waals surface area contributed by atoms with Crippen molar-refractivity contribution in [2.45, 2.75) is 25.9 Å². The summed E-state index contributed by atoms with van der Waals surface area (Å²) in [6.45, 7) is 2.95. The molecule has 88 valence electrons. The minimum absolute atomic E-state index is 0.444. The summed E-state index contributed by atoms with van der Waals surface area (Å²) in [5, 5.41) is 9.86. The summed E-state index contributed by atoms with van der Waals surface area (Å²) in [6.07, 6.45) is 7.02. The highest BCUT2D eigenvalue weighted by molar-refractivity contribution is 5.06. The smallest absolute Gasteiger partial charge is 0.0960 e. The molecule has 0 saturated heterocycles. The number of nitrogens with zero attached hydrogens (tertiary/aromatic N) is 2. The van der Waals surface area contributed by atoms with Crippen molar-refractivity contribution in [3.8, 4) is 0 Å². The van der Waals surface area contributed by atoms with Gasteiger partial charge in [0.15, 0.2) is 0 Å². The van der Waals surface area contributed by atoms with Gasteiger partial charge in [0.05, 0.1) is 11.8 Å². The number of aliphatic hydroxyl groups excluding tert-OH is 1. The van der Waals surface area contributed by atoms with E-state index in [1.165, 1.54) is 0 Å². The molecule has 0 fully saturated rings. The molecule has 1 heterocycles. The average molecular weight is 220 g/mol. The van der Waals surface area contributed by atoms with Crippen LogP contribution in [-0.2, 0) is 0 Å². The van der Waals surface area contributed by atoms with Gasteiger partial charge in [0, 0.05) is 19.8 Å². The number of allylic oxidation sites excluding steroid dienone is 1. The van der Waals surface area contributed by atoms with E-state index < -0.39 is 6.10 Å². The first-order valence-electron chi connectivity index (χ1n) is 5.66. The predicted molar refractivity (Wildman–Crippen MR) is 65.9 cm³/mol. The second-order valence-electron chi connectivity index (χ2n) is 3.88. The zero-order valence-electron chi connectivity index (χ0n) is 10.0. The van der Waals surface area contributed by atoms with Crippen LogP contribution in [0.15, 0.2) is 36.7 Å². The maximum atomic E-state index is 9.86. The Hall–Kier alpha value is -1.35. The van der Waals surface area contributed by atoms with Crippen LogP contribution >= 0.6 is 0 Å². The first kappa shape index (κ1) is 12.7. The van der Waals surface area contributed by atoms with Crippen LogP contribution in [0.25, 0.3) is 0 Å². The van der Waals surface area contributed by atoms with Crippen LogP contribution in [0.5, 0.6) is 0 Å². The molecule has 1 rings (SSSR count). The lowest BCUT2D eigenvalue weighted by atomic mass is 10.1. The van der Waals surface area contributed by atoms with Gasteiger partial charge < -0.3 is 10.0 Å². The van der Waals surface area contributed by atoms with E-state index in [1.54, 1.807) is 6.20 Å². The van der Waals surface area contributed by atoms with Crippen molar-refractivity contribution in [2.75, 3.05) is 13.6 Å². The van der Waals surface area contributed by atoms with E-state index in [9.17, 15) is 5.11 Å². The summed E-state index contributed by atoms with van der Waals surface area (Å²) in [7, 11) is 2.03. The molecule has 0 aliphatic carbocycles. The molecule has 0 aliphatic rings. The molecular formula is C13H20N2O. The van der Waals surface area contributed by atoms with Crippen LogP contribution < -0.4 is 0 Å². The number of hydrogen-bond acceptors (Lipinski definition) is 3. The predicted octanol–water partition coefficient (Wildman–Crippen LogP) is 2.36. The van der Waals surface area contributed by atoms with Crippen molar-refractivity contribution in [2.24, 2.45) is 0 Å².